The third-order valence-corrected chi connectivity index (χ3v) is 4.68. The lowest BCUT2D eigenvalue weighted by atomic mass is 9.97. The van der Waals surface area contributed by atoms with Gasteiger partial charge in [-0.25, -0.2) is 21.9 Å². The number of rotatable bonds is 6. The highest BCUT2D eigenvalue weighted by Gasteiger charge is 2.30. The van der Waals surface area contributed by atoms with Crippen molar-refractivity contribution in [3.8, 4) is 0 Å². The highest BCUT2D eigenvalue weighted by Crippen LogP contribution is 2.21. The van der Waals surface area contributed by atoms with Gasteiger partial charge in [0.25, 0.3) is 0 Å². The van der Waals surface area contributed by atoms with Crippen LogP contribution in [0.15, 0.2) is 23.1 Å². The van der Waals surface area contributed by atoms with Crippen LogP contribution in [0.1, 0.15) is 26.7 Å². The van der Waals surface area contributed by atoms with Crippen molar-refractivity contribution in [2.45, 2.75) is 37.1 Å². The summed E-state index contributed by atoms with van der Waals surface area (Å²) < 4.78 is 52.7. The molecule has 1 rings (SSSR count). The highest BCUT2D eigenvalue weighted by atomic mass is 32.2. The van der Waals surface area contributed by atoms with Gasteiger partial charge >= 0.3 is 0 Å². The Morgan fingerprint density at radius 3 is 2.47 bits per heavy atom. The first-order chi connectivity index (χ1) is 8.74. The van der Waals surface area contributed by atoms with E-state index in [-0.39, 0.29) is 13.0 Å². The van der Waals surface area contributed by atoms with Gasteiger partial charge in [-0.05, 0) is 31.9 Å². The Balaban J connectivity index is 3.10. The van der Waals surface area contributed by atoms with E-state index in [9.17, 15) is 17.2 Å². The zero-order chi connectivity index (χ0) is 14.7. The summed E-state index contributed by atoms with van der Waals surface area (Å²) in [5.41, 5.74) is -0.881. The van der Waals surface area contributed by atoms with Crippen molar-refractivity contribution in [3.63, 3.8) is 0 Å². The molecule has 0 heterocycles. The molecule has 1 aromatic carbocycles. The molecule has 1 unspecified atom stereocenters. The molecule has 0 aliphatic heterocycles. The van der Waals surface area contributed by atoms with Crippen LogP contribution < -0.4 is 4.72 Å². The Hall–Kier alpha value is -1.05. The topological polar surface area (TPSA) is 66.4 Å². The summed E-state index contributed by atoms with van der Waals surface area (Å²) in [4.78, 5) is -0.605. The zero-order valence-corrected chi connectivity index (χ0v) is 11.6. The summed E-state index contributed by atoms with van der Waals surface area (Å²) in [6.07, 6.45) is 0.626. The van der Waals surface area contributed by atoms with Gasteiger partial charge in [0.15, 0.2) is 0 Å². The molecule has 0 radical (unpaired) electrons. The van der Waals surface area contributed by atoms with Gasteiger partial charge in [-0.1, -0.05) is 6.92 Å². The van der Waals surface area contributed by atoms with E-state index >= 15 is 0 Å². The first-order valence-electron chi connectivity index (χ1n) is 5.84. The van der Waals surface area contributed by atoms with Crippen LogP contribution in [0.5, 0.6) is 0 Å². The summed E-state index contributed by atoms with van der Waals surface area (Å²) in [7, 11) is -4.10. The minimum Gasteiger partial charge on any atom is -0.396 e. The van der Waals surface area contributed by atoms with Crippen molar-refractivity contribution in [2.24, 2.45) is 0 Å². The molecule has 1 atom stereocenters. The molecule has 0 saturated carbocycles. The average molecular weight is 293 g/mol. The maximum Gasteiger partial charge on any atom is 0.243 e. The van der Waals surface area contributed by atoms with E-state index < -0.39 is 32.1 Å². The van der Waals surface area contributed by atoms with Gasteiger partial charge in [0, 0.05) is 18.2 Å². The van der Waals surface area contributed by atoms with Crippen molar-refractivity contribution < 1.29 is 22.3 Å². The molecule has 0 aliphatic carbocycles. The Kier molecular flexibility index (Phi) is 5.00. The smallest absolute Gasteiger partial charge is 0.243 e. The van der Waals surface area contributed by atoms with Crippen LogP contribution in [0.2, 0.25) is 0 Å². The predicted molar refractivity (Wildman–Crippen MR) is 67.1 cm³/mol. The second-order valence-electron chi connectivity index (χ2n) is 4.57. The first-order valence-corrected chi connectivity index (χ1v) is 7.32. The second kappa shape index (κ2) is 5.94. The Labute approximate surface area is 111 Å². The van der Waals surface area contributed by atoms with E-state index in [1.807, 2.05) is 0 Å². The van der Waals surface area contributed by atoms with Gasteiger partial charge in [-0.3, -0.25) is 0 Å². The molecule has 0 saturated heterocycles. The number of benzene rings is 1. The largest absolute Gasteiger partial charge is 0.396 e. The molecule has 108 valence electrons. The SMILES string of the molecule is CCC(C)(CCO)NS(=O)(=O)c1ccc(F)cc1F. The van der Waals surface area contributed by atoms with Crippen LogP contribution >= 0.6 is 0 Å². The normalized spacial score (nSPS) is 15.2. The van der Waals surface area contributed by atoms with Crippen molar-refractivity contribution in [1.29, 1.82) is 0 Å². The summed E-state index contributed by atoms with van der Waals surface area (Å²) in [6, 6.07) is 2.28. The van der Waals surface area contributed by atoms with Crippen molar-refractivity contribution in [2.75, 3.05) is 6.61 Å². The molecule has 0 spiro atoms. The second-order valence-corrected chi connectivity index (χ2v) is 6.22. The van der Waals surface area contributed by atoms with Crippen molar-refractivity contribution in [1.82, 2.24) is 4.72 Å². The maximum atomic E-state index is 13.5. The molecule has 19 heavy (non-hydrogen) atoms. The van der Waals surface area contributed by atoms with Crippen molar-refractivity contribution >= 4 is 10.0 Å². The number of nitrogens with one attached hydrogen (secondary N) is 1. The molecular formula is C12H17F2NO3S. The highest BCUT2D eigenvalue weighted by molar-refractivity contribution is 7.89. The minimum absolute atomic E-state index is 0.196. The maximum absolute atomic E-state index is 13.5. The third kappa shape index (κ3) is 3.95. The molecule has 1 aromatic rings. The van der Waals surface area contributed by atoms with Crippen LogP contribution in [0, 0.1) is 11.6 Å². The lowest BCUT2D eigenvalue weighted by molar-refractivity contribution is 0.233. The predicted octanol–water partition coefficient (Wildman–Crippen LogP) is 1.79. The molecule has 0 aromatic heterocycles. The quantitative estimate of drug-likeness (QED) is 0.840. The fraction of sp³-hybridized carbons (Fsp3) is 0.500. The standard InChI is InChI=1S/C12H17F2NO3S/c1-3-12(2,6-7-16)15-19(17,18)11-5-4-9(13)8-10(11)14/h4-5,8,15-16H,3,6-7H2,1-2H3. The molecule has 0 amide bonds. The number of hydrogen-bond donors (Lipinski definition) is 2. The number of halogens is 2. The number of hydrogen-bond acceptors (Lipinski definition) is 3. The number of sulfonamides is 1. The van der Waals surface area contributed by atoms with Gasteiger partial charge in [0.05, 0.1) is 0 Å². The summed E-state index contributed by atoms with van der Waals surface area (Å²) in [5, 5.41) is 8.93. The fourth-order valence-corrected chi connectivity index (χ4v) is 3.19. The summed E-state index contributed by atoms with van der Waals surface area (Å²) >= 11 is 0. The monoisotopic (exact) mass is 293 g/mol. The first kappa shape index (κ1) is 16.0. The van der Waals surface area contributed by atoms with E-state index in [1.54, 1.807) is 13.8 Å². The minimum atomic E-state index is -4.10. The average Bonchev–Trinajstić information content (AvgIpc) is 2.27. The Bertz CT molecular complexity index is 548. The van der Waals surface area contributed by atoms with E-state index in [0.717, 1.165) is 12.1 Å². The van der Waals surface area contributed by atoms with E-state index in [4.69, 9.17) is 5.11 Å². The fourth-order valence-electron chi connectivity index (χ4n) is 1.62. The molecule has 7 heteroatoms. The van der Waals surface area contributed by atoms with Crippen LogP contribution in [-0.2, 0) is 10.0 Å². The third-order valence-electron chi connectivity index (χ3n) is 3.01. The summed E-state index contributed by atoms with van der Waals surface area (Å²) in [5.74, 6) is -1.99. The lowest BCUT2D eigenvalue weighted by Crippen LogP contribution is -2.46. The van der Waals surface area contributed by atoms with Gasteiger partial charge in [-0.15, -0.1) is 0 Å². The van der Waals surface area contributed by atoms with E-state index in [0.29, 0.717) is 12.5 Å². The number of aliphatic hydroxyl groups is 1. The Morgan fingerprint density at radius 1 is 1.37 bits per heavy atom. The molecular weight excluding hydrogens is 276 g/mol. The molecule has 0 bridgehead atoms. The van der Waals surface area contributed by atoms with Gasteiger partial charge in [0.2, 0.25) is 10.0 Å². The number of aliphatic hydroxyl groups excluding tert-OH is 1. The molecule has 0 fully saturated rings. The Morgan fingerprint density at radius 2 is 2.00 bits per heavy atom. The summed E-state index contributed by atoms with van der Waals surface area (Å²) in [6.45, 7) is 3.17. The lowest BCUT2D eigenvalue weighted by Gasteiger charge is -2.28. The van der Waals surface area contributed by atoms with Gasteiger partial charge in [-0.2, -0.15) is 0 Å². The van der Waals surface area contributed by atoms with Crippen molar-refractivity contribution in [3.05, 3.63) is 29.8 Å². The van der Waals surface area contributed by atoms with Gasteiger partial charge in [0.1, 0.15) is 16.5 Å². The van der Waals surface area contributed by atoms with E-state index in [1.165, 1.54) is 0 Å². The van der Waals surface area contributed by atoms with Crippen LogP contribution in [0.4, 0.5) is 8.78 Å². The molecule has 4 nitrogen and oxygen atoms in total. The molecule has 2 N–H and O–H groups in total. The van der Waals surface area contributed by atoms with E-state index in [2.05, 4.69) is 4.72 Å². The van der Waals surface area contributed by atoms with Crippen LogP contribution in [0.25, 0.3) is 0 Å². The van der Waals surface area contributed by atoms with Gasteiger partial charge < -0.3 is 5.11 Å². The molecule has 0 aliphatic rings. The zero-order valence-electron chi connectivity index (χ0n) is 10.8. The van der Waals surface area contributed by atoms with Crippen LogP contribution in [0.3, 0.4) is 0 Å². The van der Waals surface area contributed by atoms with Crippen LogP contribution in [-0.4, -0.2) is 25.7 Å².